The SMILES string of the molecule is CCC1(C(=O)O)CCCN1C(=O)/C=C/c1ccc(Br)cc1. The molecule has 0 aromatic heterocycles. The van der Waals surface area contributed by atoms with E-state index in [1.807, 2.05) is 31.2 Å². The first-order chi connectivity index (χ1) is 9.99. The van der Waals surface area contributed by atoms with Gasteiger partial charge >= 0.3 is 5.97 Å². The Morgan fingerprint density at radius 2 is 2.05 bits per heavy atom. The zero-order valence-electron chi connectivity index (χ0n) is 11.9. The lowest BCUT2D eigenvalue weighted by atomic mass is 9.93. The number of aliphatic carboxylic acids is 1. The van der Waals surface area contributed by atoms with Gasteiger partial charge < -0.3 is 10.0 Å². The summed E-state index contributed by atoms with van der Waals surface area (Å²) in [6.07, 6.45) is 4.87. The van der Waals surface area contributed by atoms with Crippen LogP contribution in [0.2, 0.25) is 0 Å². The van der Waals surface area contributed by atoms with E-state index in [-0.39, 0.29) is 5.91 Å². The molecule has 1 atom stereocenters. The lowest BCUT2D eigenvalue weighted by Crippen LogP contribution is -2.52. The Labute approximate surface area is 132 Å². The summed E-state index contributed by atoms with van der Waals surface area (Å²) in [5.74, 6) is -1.15. The Morgan fingerprint density at radius 1 is 1.38 bits per heavy atom. The van der Waals surface area contributed by atoms with Gasteiger partial charge in [-0.3, -0.25) is 4.79 Å². The standard InChI is InChI=1S/C16H18BrNO3/c1-2-16(15(20)21)10-3-11-18(16)14(19)9-6-12-4-7-13(17)8-5-12/h4-9H,2-3,10-11H2,1H3,(H,20,21)/b9-6+. The van der Waals surface area contributed by atoms with Crippen molar-refractivity contribution in [2.24, 2.45) is 0 Å². The number of benzene rings is 1. The van der Waals surface area contributed by atoms with Crippen molar-refractivity contribution in [3.05, 3.63) is 40.4 Å². The Morgan fingerprint density at radius 3 is 2.62 bits per heavy atom. The number of amides is 1. The molecule has 1 aliphatic heterocycles. The Balaban J connectivity index is 2.15. The van der Waals surface area contributed by atoms with Crippen LogP contribution in [0.25, 0.3) is 6.08 Å². The summed E-state index contributed by atoms with van der Waals surface area (Å²) in [4.78, 5) is 25.4. The molecule has 1 amide bonds. The monoisotopic (exact) mass is 351 g/mol. The number of hydrogen-bond donors (Lipinski definition) is 1. The summed E-state index contributed by atoms with van der Waals surface area (Å²) in [6, 6.07) is 7.57. The first kappa shape index (κ1) is 15.8. The van der Waals surface area contributed by atoms with Crippen LogP contribution in [0, 0.1) is 0 Å². The van der Waals surface area contributed by atoms with Crippen LogP contribution in [0.5, 0.6) is 0 Å². The van der Waals surface area contributed by atoms with Gasteiger partial charge in [0.2, 0.25) is 5.91 Å². The summed E-state index contributed by atoms with van der Waals surface area (Å²) in [5.41, 5.74) is -0.135. The lowest BCUT2D eigenvalue weighted by Gasteiger charge is -2.33. The van der Waals surface area contributed by atoms with Crippen molar-refractivity contribution in [2.75, 3.05) is 6.54 Å². The Kier molecular flexibility index (Phi) is 4.83. The van der Waals surface area contributed by atoms with Gasteiger partial charge in [-0.05, 0) is 43.0 Å². The predicted molar refractivity (Wildman–Crippen MR) is 84.8 cm³/mol. The van der Waals surface area contributed by atoms with Crippen LogP contribution in [-0.2, 0) is 9.59 Å². The minimum absolute atomic E-state index is 0.236. The highest BCUT2D eigenvalue weighted by atomic mass is 79.9. The van der Waals surface area contributed by atoms with E-state index in [1.54, 1.807) is 6.08 Å². The number of likely N-dealkylation sites (tertiary alicyclic amines) is 1. The predicted octanol–water partition coefficient (Wildman–Crippen LogP) is 3.32. The fourth-order valence-electron chi connectivity index (χ4n) is 2.77. The van der Waals surface area contributed by atoms with Crippen molar-refractivity contribution in [3.8, 4) is 0 Å². The molecule has 112 valence electrons. The molecule has 1 saturated heterocycles. The number of halogens is 1. The highest BCUT2D eigenvalue weighted by Crippen LogP contribution is 2.33. The molecule has 4 nitrogen and oxygen atoms in total. The minimum Gasteiger partial charge on any atom is -0.479 e. The van der Waals surface area contributed by atoms with E-state index < -0.39 is 11.5 Å². The molecular weight excluding hydrogens is 334 g/mol. The molecule has 21 heavy (non-hydrogen) atoms. The highest BCUT2D eigenvalue weighted by molar-refractivity contribution is 9.10. The van der Waals surface area contributed by atoms with Crippen LogP contribution in [0.4, 0.5) is 0 Å². The number of carboxylic acid groups (broad SMARTS) is 1. The van der Waals surface area contributed by atoms with Gasteiger partial charge in [0.1, 0.15) is 5.54 Å². The van der Waals surface area contributed by atoms with Crippen LogP contribution in [0.3, 0.4) is 0 Å². The van der Waals surface area contributed by atoms with Crippen LogP contribution >= 0.6 is 15.9 Å². The molecule has 5 heteroatoms. The first-order valence-corrected chi connectivity index (χ1v) is 7.77. The second kappa shape index (κ2) is 6.43. The van der Waals surface area contributed by atoms with E-state index in [0.717, 1.165) is 16.5 Å². The summed E-state index contributed by atoms with van der Waals surface area (Å²) >= 11 is 3.36. The van der Waals surface area contributed by atoms with E-state index in [1.165, 1.54) is 11.0 Å². The number of carboxylic acids is 1. The molecule has 1 fully saturated rings. The van der Waals surface area contributed by atoms with Gasteiger partial charge in [-0.2, -0.15) is 0 Å². The number of nitrogens with zero attached hydrogens (tertiary/aromatic N) is 1. The summed E-state index contributed by atoms with van der Waals surface area (Å²) < 4.78 is 0.974. The van der Waals surface area contributed by atoms with Crippen molar-refractivity contribution in [3.63, 3.8) is 0 Å². The summed E-state index contributed by atoms with van der Waals surface area (Å²) in [6.45, 7) is 2.32. The van der Waals surface area contributed by atoms with E-state index in [9.17, 15) is 14.7 Å². The van der Waals surface area contributed by atoms with Gasteiger partial charge in [0.25, 0.3) is 0 Å². The third-order valence-corrected chi connectivity index (χ3v) is 4.55. The molecule has 0 spiro atoms. The molecule has 0 saturated carbocycles. The van der Waals surface area contributed by atoms with Crippen LogP contribution in [0.1, 0.15) is 31.7 Å². The summed E-state index contributed by atoms with van der Waals surface area (Å²) in [7, 11) is 0. The first-order valence-electron chi connectivity index (χ1n) is 6.98. The molecule has 0 bridgehead atoms. The van der Waals surface area contributed by atoms with Crippen LogP contribution in [0.15, 0.2) is 34.8 Å². The number of rotatable bonds is 4. The van der Waals surface area contributed by atoms with Gasteiger partial charge in [0.15, 0.2) is 0 Å². The third-order valence-electron chi connectivity index (χ3n) is 4.03. The fourth-order valence-corrected chi connectivity index (χ4v) is 3.04. The fraction of sp³-hybridized carbons (Fsp3) is 0.375. The molecule has 1 N–H and O–H groups in total. The zero-order chi connectivity index (χ0) is 15.5. The number of hydrogen-bond acceptors (Lipinski definition) is 2. The average Bonchev–Trinajstić information content (AvgIpc) is 2.91. The second-order valence-corrected chi connectivity index (χ2v) is 6.08. The van der Waals surface area contributed by atoms with E-state index in [2.05, 4.69) is 15.9 Å². The minimum atomic E-state index is -1.04. The molecule has 1 unspecified atom stereocenters. The summed E-state index contributed by atoms with van der Waals surface area (Å²) in [5, 5.41) is 9.48. The molecule has 1 heterocycles. The molecular formula is C16H18BrNO3. The van der Waals surface area contributed by atoms with E-state index >= 15 is 0 Å². The molecule has 1 aliphatic rings. The van der Waals surface area contributed by atoms with Gasteiger partial charge in [-0.25, -0.2) is 4.79 Å². The smallest absolute Gasteiger partial charge is 0.329 e. The third kappa shape index (κ3) is 3.18. The Bertz CT molecular complexity index is 567. The largest absolute Gasteiger partial charge is 0.479 e. The molecule has 0 aliphatic carbocycles. The van der Waals surface area contributed by atoms with Crippen molar-refractivity contribution in [1.82, 2.24) is 4.90 Å². The van der Waals surface area contributed by atoms with Crippen molar-refractivity contribution in [2.45, 2.75) is 31.7 Å². The molecule has 1 aromatic rings. The Hall–Kier alpha value is -1.62. The topological polar surface area (TPSA) is 57.6 Å². The number of carbonyl (C=O) groups excluding carboxylic acids is 1. The molecule has 1 aromatic carbocycles. The van der Waals surface area contributed by atoms with Crippen LogP contribution < -0.4 is 0 Å². The molecule has 0 radical (unpaired) electrons. The zero-order valence-corrected chi connectivity index (χ0v) is 13.5. The van der Waals surface area contributed by atoms with Gasteiger partial charge in [0, 0.05) is 17.1 Å². The highest BCUT2D eigenvalue weighted by Gasteiger charge is 2.47. The normalized spacial score (nSPS) is 21.9. The van der Waals surface area contributed by atoms with Crippen molar-refractivity contribution < 1.29 is 14.7 Å². The average molecular weight is 352 g/mol. The van der Waals surface area contributed by atoms with Gasteiger partial charge in [-0.15, -0.1) is 0 Å². The quantitative estimate of drug-likeness (QED) is 0.846. The second-order valence-electron chi connectivity index (χ2n) is 5.17. The maximum Gasteiger partial charge on any atom is 0.329 e. The molecule has 2 rings (SSSR count). The van der Waals surface area contributed by atoms with Crippen LogP contribution in [-0.4, -0.2) is 34.0 Å². The van der Waals surface area contributed by atoms with E-state index in [4.69, 9.17) is 0 Å². The lowest BCUT2D eigenvalue weighted by molar-refractivity contribution is -0.155. The maximum atomic E-state index is 12.3. The van der Waals surface area contributed by atoms with E-state index in [0.29, 0.717) is 19.4 Å². The number of carbonyl (C=O) groups is 2. The maximum absolute atomic E-state index is 12.3. The van der Waals surface area contributed by atoms with Gasteiger partial charge in [-0.1, -0.05) is 35.0 Å². The van der Waals surface area contributed by atoms with Crippen molar-refractivity contribution in [1.29, 1.82) is 0 Å². The van der Waals surface area contributed by atoms with Crippen molar-refractivity contribution >= 4 is 33.9 Å². The van der Waals surface area contributed by atoms with Gasteiger partial charge in [0.05, 0.1) is 0 Å².